The van der Waals surface area contributed by atoms with E-state index >= 15 is 0 Å². The number of carbonyl (C=O) groups is 1. The Labute approximate surface area is 142 Å². The highest BCUT2D eigenvalue weighted by Gasteiger charge is 2.22. The van der Waals surface area contributed by atoms with E-state index in [1.165, 1.54) is 5.56 Å². The van der Waals surface area contributed by atoms with Crippen molar-refractivity contribution in [2.45, 2.75) is 25.5 Å². The molecule has 1 aliphatic heterocycles. The lowest BCUT2D eigenvalue weighted by atomic mass is 10.1. The van der Waals surface area contributed by atoms with E-state index < -0.39 is 0 Å². The van der Waals surface area contributed by atoms with Crippen molar-refractivity contribution in [1.29, 1.82) is 0 Å². The summed E-state index contributed by atoms with van der Waals surface area (Å²) in [6, 6.07) is 10.4. The number of aromatic nitrogens is 2. The van der Waals surface area contributed by atoms with E-state index in [0.29, 0.717) is 19.6 Å². The summed E-state index contributed by atoms with van der Waals surface area (Å²) in [5.41, 5.74) is 2.39. The molecule has 1 aromatic heterocycles. The maximum absolute atomic E-state index is 12.1. The number of morpholine rings is 1. The van der Waals surface area contributed by atoms with Crippen molar-refractivity contribution in [3.05, 3.63) is 53.9 Å². The Morgan fingerprint density at radius 3 is 3.00 bits per heavy atom. The molecule has 1 fully saturated rings. The monoisotopic (exact) mass is 328 g/mol. The largest absolute Gasteiger partial charge is 0.375 e. The molecular formula is C18H24N4O2. The number of ether oxygens (including phenoxy) is 1. The minimum Gasteiger partial charge on any atom is -0.375 e. The van der Waals surface area contributed by atoms with Gasteiger partial charge in [0.15, 0.2) is 0 Å². The average molecular weight is 328 g/mol. The highest BCUT2D eigenvalue weighted by atomic mass is 16.5. The van der Waals surface area contributed by atoms with Gasteiger partial charge >= 0.3 is 0 Å². The number of hydrogen-bond donors (Lipinski definition) is 2. The van der Waals surface area contributed by atoms with E-state index in [9.17, 15) is 4.79 Å². The fourth-order valence-electron chi connectivity index (χ4n) is 2.93. The van der Waals surface area contributed by atoms with Crippen LogP contribution in [0.1, 0.15) is 17.5 Å². The van der Waals surface area contributed by atoms with E-state index in [4.69, 9.17) is 4.74 Å². The Kier molecular flexibility index (Phi) is 5.98. The molecule has 24 heavy (non-hydrogen) atoms. The first kappa shape index (κ1) is 16.7. The van der Waals surface area contributed by atoms with E-state index in [-0.39, 0.29) is 12.0 Å². The molecule has 1 amide bonds. The molecule has 0 bridgehead atoms. The second kappa shape index (κ2) is 8.61. The topological polar surface area (TPSA) is 70.2 Å². The van der Waals surface area contributed by atoms with Crippen molar-refractivity contribution in [2.24, 2.45) is 0 Å². The minimum atomic E-state index is -0.0311. The summed E-state index contributed by atoms with van der Waals surface area (Å²) in [6.07, 6.45) is 4.79. The van der Waals surface area contributed by atoms with Crippen LogP contribution in [0.2, 0.25) is 0 Å². The van der Waals surface area contributed by atoms with Crippen molar-refractivity contribution >= 4 is 5.91 Å². The molecule has 0 aliphatic carbocycles. The molecule has 1 saturated heterocycles. The minimum absolute atomic E-state index is 0.0311. The highest BCUT2D eigenvalue weighted by molar-refractivity contribution is 5.76. The lowest BCUT2D eigenvalue weighted by Crippen LogP contribution is -2.44. The standard InChI is InChI=1S/C18H24N4O2/c23-18(19-7-6-16-11-20-21-12-16)10-17-14-22(8-9-24-17)13-15-4-2-1-3-5-15/h1-5,11-12,17H,6-10,13-14H2,(H,19,23)(H,20,21). The summed E-state index contributed by atoms with van der Waals surface area (Å²) in [6.45, 7) is 3.92. The predicted molar refractivity (Wildman–Crippen MR) is 91.4 cm³/mol. The number of nitrogens with zero attached hydrogens (tertiary/aromatic N) is 2. The molecule has 1 aromatic carbocycles. The molecule has 2 N–H and O–H groups in total. The normalized spacial score (nSPS) is 18.4. The zero-order chi connectivity index (χ0) is 16.6. The van der Waals surface area contributed by atoms with Gasteiger partial charge in [-0.15, -0.1) is 0 Å². The van der Waals surface area contributed by atoms with Crippen molar-refractivity contribution in [1.82, 2.24) is 20.4 Å². The quantitative estimate of drug-likeness (QED) is 0.805. The number of carbonyl (C=O) groups excluding carboxylic acids is 1. The molecule has 1 atom stereocenters. The van der Waals surface area contributed by atoms with E-state index in [1.807, 2.05) is 12.3 Å². The van der Waals surface area contributed by atoms with Gasteiger partial charge in [-0.1, -0.05) is 30.3 Å². The van der Waals surface area contributed by atoms with Crippen LogP contribution in [0, 0.1) is 0 Å². The van der Waals surface area contributed by atoms with Gasteiger partial charge in [0.25, 0.3) is 0 Å². The Balaban J connectivity index is 1.39. The summed E-state index contributed by atoms with van der Waals surface area (Å²) in [5, 5.41) is 9.62. The summed E-state index contributed by atoms with van der Waals surface area (Å²) in [4.78, 5) is 14.4. The zero-order valence-electron chi connectivity index (χ0n) is 13.8. The maximum atomic E-state index is 12.1. The molecule has 2 heterocycles. The molecule has 0 spiro atoms. The van der Waals surface area contributed by atoms with Crippen LogP contribution in [0.4, 0.5) is 0 Å². The number of rotatable bonds is 7. The van der Waals surface area contributed by atoms with Crippen LogP contribution >= 0.6 is 0 Å². The predicted octanol–water partition coefficient (Wildman–Crippen LogP) is 1.36. The van der Waals surface area contributed by atoms with E-state index in [0.717, 1.165) is 31.6 Å². The Morgan fingerprint density at radius 2 is 2.21 bits per heavy atom. The first-order valence-corrected chi connectivity index (χ1v) is 8.42. The van der Waals surface area contributed by atoms with E-state index in [1.54, 1.807) is 6.20 Å². The third-order valence-electron chi connectivity index (χ3n) is 4.18. The lowest BCUT2D eigenvalue weighted by Gasteiger charge is -2.32. The van der Waals surface area contributed by atoms with Gasteiger partial charge in [0.2, 0.25) is 5.91 Å². The van der Waals surface area contributed by atoms with Crippen molar-refractivity contribution in [3.63, 3.8) is 0 Å². The first-order chi connectivity index (χ1) is 11.8. The molecule has 3 rings (SSSR count). The molecule has 0 radical (unpaired) electrons. The molecule has 128 valence electrons. The fraction of sp³-hybridized carbons (Fsp3) is 0.444. The Hall–Kier alpha value is -2.18. The second-order valence-electron chi connectivity index (χ2n) is 6.12. The summed E-state index contributed by atoms with van der Waals surface area (Å²) >= 11 is 0. The fourth-order valence-corrected chi connectivity index (χ4v) is 2.93. The van der Waals surface area contributed by atoms with Crippen LogP contribution in [0.3, 0.4) is 0 Å². The van der Waals surface area contributed by atoms with E-state index in [2.05, 4.69) is 44.7 Å². The molecular weight excluding hydrogens is 304 g/mol. The molecule has 1 unspecified atom stereocenters. The maximum Gasteiger partial charge on any atom is 0.222 e. The van der Waals surface area contributed by atoms with Crippen LogP contribution in [-0.2, 0) is 22.5 Å². The summed E-state index contributed by atoms with van der Waals surface area (Å²) in [5.74, 6) is 0.0463. The Bertz CT molecular complexity index is 615. The van der Waals surface area contributed by atoms with Crippen LogP contribution in [0.5, 0.6) is 0 Å². The van der Waals surface area contributed by atoms with Gasteiger partial charge in [-0.25, -0.2) is 0 Å². The van der Waals surface area contributed by atoms with Crippen LogP contribution < -0.4 is 5.32 Å². The number of aromatic amines is 1. The number of benzene rings is 1. The third kappa shape index (κ3) is 5.18. The first-order valence-electron chi connectivity index (χ1n) is 8.42. The number of amides is 1. The number of H-pyrrole nitrogens is 1. The zero-order valence-corrected chi connectivity index (χ0v) is 13.8. The molecule has 6 heteroatoms. The molecule has 2 aromatic rings. The van der Waals surface area contributed by atoms with Crippen molar-refractivity contribution < 1.29 is 9.53 Å². The van der Waals surface area contributed by atoms with Gasteiger partial charge in [0.1, 0.15) is 0 Å². The SMILES string of the molecule is O=C(CC1CN(Cc2ccccc2)CCO1)NCCc1cn[nH]c1. The summed E-state index contributed by atoms with van der Waals surface area (Å²) in [7, 11) is 0. The number of nitrogens with one attached hydrogen (secondary N) is 2. The van der Waals surface area contributed by atoms with Gasteiger partial charge in [-0.3, -0.25) is 14.8 Å². The smallest absolute Gasteiger partial charge is 0.222 e. The van der Waals surface area contributed by atoms with Crippen molar-refractivity contribution in [3.8, 4) is 0 Å². The lowest BCUT2D eigenvalue weighted by molar-refractivity contribution is -0.126. The molecule has 1 aliphatic rings. The Morgan fingerprint density at radius 1 is 1.33 bits per heavy atom. The van der Waals surface area contributed by atoms with Gasteiger partial charge in [0, 0.05) is 32.4 Å². The van der Waals surface area contributed by atoms with Gasteiger partial charge < -0.3 is 10.1 Å². The van der Waals surface area contributed by atoms with Gasteiger partial charge in [0.05, 0.1) is 25.3 Å². The highest BCUT2D eigenvalue weighted by Crippen LogP contribution is 2.12. The van der Waals surface area contributed by atoms with Crippen molar-refractivity contribution in [2.75, 3.05) is 26.2 Å². The second-order valence-corrected chi connectivity index (χ2v) is 6.12. The van der Waals surface area contributed by atoms with Crippen LogP contribution in [0.25, 0.3) is 0 Å². The van der Waals surface area contributed by atoms with Crippen LogP contribution in [0.15, 0.2) is 42.7 Å². The van der Waals surface area contributed by atoms with Gasteiger partial charge in [-0.05, 0) is 17.5 Å². The molecule has 0 saturated carbocycles. The summed E-state index contributed by atoms with van der Waals surface area (Å²) < 4.78 is 5.75. The van der Waals surface area contributed by atoms with Crippen LogP contribution in [-0.4, -0.2) is 53.3 Å². The average Bonchev–Trinajstić information content (AvgIpc) is 3.09. The van der Waals surface area contributed by atoms with Gasteiger partial charge in [-0.2, -0.15) is 5.10 Å². The third-order valence-corrected chi connectivity index (χ3v) is 4.18. The molecule has 6 nitrogen and oxygen atoms in total. The number of hydrogen-bond acceptors (Lipinski definition) is 4.